The van der Waals surface area contributed by atoms with Crippen LogP contribution in [0, 0.1) is 13.8 Å². The Kier molecular flexibility index (Phi) is 3.55. The molecule has 20 heavy (non-hydrogen) atoms. The van der Waals surface area contributed by atoms with Crippen molar-refractivity contribution in [3.8, 4) is 0 Å². The molecule has 0 aromatic carbocycles. The maximum absolute atomic E-state index is 12.0. The van der Waals surface area contributed by atoms with Crippen molar-refractivity contribution >= 4 is 17.6 Å². The molecule has 8 heteroatoms. The molecule has 0 fully saturated rings. The lowest BCUT2D eigenvalue weighted by molar-refractivity contribution is 0.0594. The maximum atomic E-state index is 12.0. The number of nitrogens with one attached hydrogen (secondary N) is 1. The summed E-state index contributed by atoms with van der Waals surface area (Å²) >= 11 is 0. The van der Waals surface area contributed by atoms with Gasteiger partial charge in [0.05, 0.1) is 24.2 Å². The lowest BCUT2D eigenvalue weighted by Gasteiger charge is -2.03. The van der Waals surface area contributed by atoms with Gasteiger partial charge in [0.15, 0.2) is 5.69 Å². The Morgan fingerprint density at radius 3 is 2.65 bits per heavy atom. The van der Waals surface area contributed by atoms with E-state index in [0.29, 0.717) is 17.1 Å². The van der Waals surface area contributed by atoms with Gasteiger partial charge in [-0.1, -0.05) is 5.16 Å². The molecular formula is C12H14N4O4. The Hall–Kier alpha value is -2.64. The van der Waals surface area contributed by atoms with Crippen LogP contribution in [0.5, 0.6) is 0 Å². The zero-order valence-electron chi connectivity index (χ0n) is 11.6. The van der Waals surface area contributed by atoms with Crippen molar-refractivity contribution in [1.29, 1.82) is 0 Å². The van der Waals surface area contributed by atoms with E-state index in [4.69, 9.17) is 4.52 Å². The van der Waals surface area contributed by atoms with Crippen LogP contribution in [0.4, 0.5) is 5.69 Å². The quantitative estimate of drug-likeness (QED) is 0.843. The summed E-state index contributed by atoms with van der Waals surface area (Å²) in [5.74, 6) is -1.08. The smallest absolute Gasteiger partial charge is 0.360 e. The largest absolute Gasteiger partial charge is 0.464 e. The first-order chi connectivity index (χ1) is 9.43. The summed E-state index contributed by atoms with van der Waals surface area (Å²) in [4.78, 5) is 23.7. The van der Waals surface area contributed by atoms with Crippen LogP contribution < -0.4 is 5.32 Å². The number of methoxy groups -OCH3 is 1. The number of rotatable bonds is 3. The van der Waals surface area contributed by atoms with Crippen molar-refractivity contribution in [1.82, 2.24) is 14.9 Å². The van der Waals surface area contributed by atoms with Crippen molar-refractivity contribution in [2.45, 2.75) is 13.8 Å². The van der Waals surface area contributed by atoms with Gasteiger partial charge in [0.2, 0.25) is 5.76 Å². The van der Waals surface area contributed by atoms with Gasteiger partial charge in [0.25, 0.3) is 5.91 Å². The summed E-state index contributed by atoms with van der Waals surface area (Å²) in [7, 11) is 2.91. The number of hydrogen-bond acceptors (Lipinski definition) is 6. The Bertz CT molecular complexity index is 671. The van der Waals surface area contributed by atoms with E-state index in [1.54, 1.807) is 20.9 Å². The first kappa shape index (κ1) is 13.8. The first-order valence-electron chi connectivity index (χ1n) is 5.80. The fraction of sp³-hybridized carbons (Fsp3) is 0.333. The predicted molar refractivity (Wildman–Crippen MR) is 68.5 cm³/mol. The highest BCUT2D eigenvalue weighted by Crippen LogP contribution is 2.21. The lowest BCUT2D eigenvalue weighted by atomic mass is 10.2. The molecule has 2 heterocycles. The van der Waals surface area contributed by atoms with Crippen molar-refractivity contribution in [2.24, 2.45) is 7.05 Å². The highest BCUT2D eigenvalue weighted by molar-refractivity contribution is 6.06. The summed E-state index contributed by atoms with van der Waals surface area (Å²) in [6, 6.07) is 1.50. The minimum absolute atomic E-state index is 0.0390. The molecule has 0 atom stereocenters. The van der Waals surface area contributed by atoms with E-state index in [-0.39, 0.29) is 11.5 Å². The fourth-order valence-corrected chi connectivity index (χ4v) is 1.64. The molecule has 8 nitrogen and oxygen atoms in total. The average Bonchev–Trinajstić information content (AvgIpc) is 2.97. The number of hydrogen-bond donors (Lipinski definition) is 1. The van der Waals surface area contributed by atoms with E-state index in [1.165, 1.54) is 17.9 Å². The number of aromatic nitrogens is 3. The Labute approximate surface area is 114 Å². The van der Waals surface area contributed by atoms with Gasteiger partial charge in [-0.3, -0.25) is 9.48 Å². The molecule has 1 amide bonds. The summed E-state index contributed by atoms with van der Waals surface area (Å²) < 4.78 is 11.0. The molecule has 0 spiro atoms. The van der Waals surface area contributed by atoms with Gasteiger partial charge in [-0.25, -0.2) is 4.79 Å². The van der Waals surface area contributed by atoms with E-state index in [1.807, 2.05) is 0 Å². The molecule has 0 radical (unpaired) electrons. The minimum atomic E-state index is -0.627. The highest BCUT2D eigenvalue weighted by Gasteiger charge is 2.23. The standard InChI is InChI=1S/C12H14N4O4/c1-6-5-8(20-15-6)11(17)13-9-7(2)16(3)14-10(9)12(18)19-4/h5H,1-4H3,(H,13,17). The van der Waals surface area contributed by atoms with Crippen molar-refractivity contribution in [2.75, 3.05) is 12.4 Å². The first-order valence-corrected chi connectivity index (χ1v) is 5.80. The topological polar surface area (TPSA) is 99.2 Å². The maximum Gasteiger partial charge on any atom is 0.360 e. The van der Waals surface area contributed by atoms with Gasteiger partial charge < -0.3 is 14.6 Å². The zero-order chi connectivity index (χ0) is 14.9. The monoisotopic (exact) mass is 278 g/mol. The van der Waals surface area contributed by atoms with Gasteiger partial charge in [-0.15, -0.1) is 0 Å². The molecular weight excluding hydrogens is 264 g/mol. The third kappa shape index (κ3) is 2.40. The van der Waals surface area contributed by atoms with Gasteiger partial charge in [-0.2, -0.15) is 5.10 Å². The third-order valence-electron chi connectivity index (χ3n) is 2.80. The number of esters is 1. The number of carbonyl (C=O) groups is 2. The number of amides is 1. The average molecular weight is 278 g/mol. The second kappa shape index (κ2) is 5.16. The van der Waals surface area contributed by atoms with Crippen LogP contribution in [0.15, 0.2) is 10.6 Å². The highest BCUT2D eigenvalue weighted by atomic mass is 16.5. The second-order valence-electron chi connectivity index (χ2n) is 4.21. The fourth-order valence-electron chi connectivity index (χ4n) is 1.64. The van der Waals surface area contributed by atoms with Gasteiger partial charge in [0.1, 0.15) is 0 Å². The van der Waals surface area contributed by atoms with Crippen LogP contribution in [0.1, 0.15) is 32.4 Å². The van der Waals surface area contributed by atoms with Crippen molar-refractivity contribution in [3.05, 3.63) is 28.9 Å². The molecule has 2 aromatic rings. The zero-order valence-corrected chi connectivity index (χ0v) is 11.6. The van der Waals surface area contributed by atoms with Crippen LogP contribution in [0.2, 0.25) is 0 Å². The molecule has 106 valence electrons. The molecule has 0 aliphatic carbocycles. The molecule has 0 saturated heterocycles. The van der Waals surface area contributed by atoms with E-state index < -0.39 is 11.9 Å². The molecule has 0 bridgehead atoms. The molecule has 0 unspecified atom stereocenters. The molecule has 2 rings (SSSR count). The molecule has 0 saturated carbocycles. The number of nitrogens with zero attached hydrogens (tertiary/aromatic N) is 3. The third-order valence-corrected chi connectivity index (χ3v) is 2.80. The number of ether oxygens (including phenoxy) is 1. The van der Waals surface area contributed by atoms with Crippen LogP contribution in [-0.4, -0.2) is 33.9 Å². The Morgan fingerprint density at radius 2 is 2.10 bits per heavy atom. The summed E-state index contributed by atoms with van der Waals surface area (Å²) in [6.45, 7) is 3.43. The minimum Gasteiger partial charge on any atom is -0.464 e. The van der Waals surface area contributed by atoms with Crippen LogP contribution in [0.25, 0.3) is 0 Å². The summed E-state index contributed by atoms with van der Waals surface area (Å²) in [5, 5.41) is 10.2. The molecule has 0 aliphatic heterocycles. The van der Waals surface area contributed by atoms with E-state index in [0.717, 1.165) is 0 Å². The van der Waals surface area contributed by atoms with Gasteiger partial charge in [-0.05, 0) is 13.8 Å². The van der Waals surface area contributed by atoms with E-state index in [9.17, 15) is 9.59 Å². The number of aryl methyl sites for hydroxylation is 2. The van der Waals surface area contributed by atoms with Gasteiger partial charge in [0, 0.05) is 13.1 Å². The number of carbonyl (C=O) groups excluding carboxylic acids is 2. The molecule has 2 aromatic heterocycles. The Morgan fingerprint density at radius 1 is 1.40 bits per heavy atom. The normalized spacial score (nSPS) is 10.4. The van der Waals surface area contributed by atoms with Crippen LogP contribution in [-0.2, 0) is 11.8 Å². The van der Waals surface area contributed by atoms with Crippen LogP contribution >= 0.6 is 0 Å². The second-order valence-corrected chi connectivity index (χ2v) is 4.21. The predicted octanol–water partition coefficient (Wildman–Crippen LogP) is 1.06. The molecule has 1 N–H and O–H groups in total. The van der Waals surface area contributed by atoms with E-state index >= 15 is 0 Å². The lowest BCUT2D eigenvalue weighted by Crippen LogP contribution is -2.14. The Balaban J connectivity index is 2.33. The van der Waals surface area contributed by atoms with Gasteiger partial charge >= 0.3 is 5.97 Å². The summed E-state index contributed by atoms with van der Waals surface area (Å²) in [5.41, 5.74) is 1.54. The number of anilines is 1. The van der Waals surface area contributed by atoms with Crippen molar-refractivity contribution < 1.29 is 18.8 Å². The SMILES string of the molecule is COC(=O)c1nn(C)c(C)c1NC(=O)c1cc(C)no1. The van der Waals surface area contributed by atoms with E-state index in [2.05, 4.69) is 20.3 Å². The van der Waals surface area contributed by atoms with Crippen LogP contribution in [0.3, 0.4) is 0 Å². The van der Waals surface area contributed by atoms with Crippen molar-refractivity contribution in [3.63, 3.8) is 0 Å². The molecule has 0 aliphatic rings. The summed E-state index contributed by atoms with van der Waals surface area (Å²) in [6.07, 6.45) is 0.